The van der Waals surface area contributed by atoms with Crippen LogP contribution < -0.4 is 4.72 Å². The van der Waals surface area contributed by atoms with E-state index in [2.05, 4.69) is 4.72 Å². The highest BCUT2D eigenvalue weighted by molar-refractivity contribution is 7.93. The van der Waals surface area contributed by atoms with Crippen LogP contribution in [0, 0.1) is 6.92 Å². The predicted molar refractivity (Wildman–Crippen MR) is 159 cm³/mol. The van der Waals surface area contributed by atoms with E-state index < -0.39 is 25.9 Å². The van der Waals surface area contributed by atoms with E-state index in [-0.39, 0.29) is 31.7 Å². The molecule has 206 valence electrons. The molecular formula is C31H26N4O4S2. The van der Waals surface area contributed by atoms with Crippen molar-refractivity contribution in [1.82, 2.24) is 14.5 Å². The van der Waals surface area contributed by atoms with Gasteiger partial charge in [0.2, 0.25) is 9.84 Å². The molecule has 2 heterocycles. The molecule has 1 N–H and O–H groups in total. The number of benzene rings is 4. The number of para-hydroxylation sites is 2. The van der Waals surface area contributed by atoms with E-state index >= 15 is 0 Å². The van der Waals surface area contributed by atoms with Crippen LogP contribution >= 0.6 is 0 Å². The summed E-state index contributed by atoms with van der Waals surface area (Å²) in [6, 6.07) is 30.3. The van der Waals surface area contributed by atoms with Gasteiger partial charge in [-0.15, -0.1) is 0 Å². The summed E-state index contributed by atoms with van der Waals surface area (Å²) >= 11 is 0. The molecule has 10 heteroatoms. The molecule has 0 aliphatic rings. The summed E-state index contributed by atoms with van der Waals surface area (Å²) in [5, 5.41) is 0. The SMILES string of the molecule is Cc1ccc(S(=O)(=O)c2c(NS(=O)(=O)c3ccccc3)n([C@H](C)c3ccccc3)c3nc4ccccc4nc23)cc1. The van der Waals surface area contributed by atoms with Crippen molar-refractivity contribution < 1.29 is 16.8 Å². The summed E-state index contributed by atoms with van der Waals surface area (Å²) in [6.07, 6.45) is 0. The normalized spacial score (nSPS) is 12.9. The number of anilines is 1. The minimum absolute atomic E-state index is 0.00562. The molecule has 4 aromatic carbocycles. The third-order valence-corrected chi connectivity index (χ3v) is 10.2. The van der Waals surface area contributed by atoms with E-state index in [0.29, 0.717) is 11.0 Å². The first-order valence-electron chi connectivity index (χ1n) is 12.9. The number of rotatable bonds is 7. The maximum absolute atomic E-state index is 14.4. The molecule has 0 bridgehead atoms. The molecule has 1 atom stereocenters. The van der Waals surface area contributed by atoms with E-state index in [9.17, 15) is 16.8 Å². The van der Waals surface area contributed by atoms with Gasteiger partial charge in [0, 0.05) is 0 Å². The second kappa shape index (κ2) is 10.1. The molecule has 6 rings (SSSR count). The first-order chi connectivity index (χ1) is 19.7. The van der Waals surface area contributed by atoms with Gasteiger partial charge in [0.05, 0.1) is 26.9 Å². The monoisotopic (exact) mass is 582 g/mol. The second-order valence-corrected chi connectivity index (χ2v) is 13.3. The highest BCUT2D eigenvalue weighted by Gasteiger charge is 2.35. The van der Waals surface area contributed by atoms with Crippen LogP contribution in [0.2, 0.25) is 0 Å². The summed E-state index contributed by atoms with van der Waals surface area (Å²) in [5.41, 5.74) is 3.09. The predicted octanol–water partition coefficient (Wildman–Crippen LogP) is 6.14. The number of hydrogen-bond acceptors (Lipinski definition) is 6. The summed E-state index contributed by atoms with van der Waals surface area (Å²) in [5.74, 6) is -0.129. The minimum Gasteiger partial charge on any atom is -0.302 e. The largest absolute Gasteiger partial charge is 0.302 e. The van der Waals surface area contributed by atoms with Gasteiger partial charge < -0.3 is 4.57 Å². The summed E-state index contributed by atoms with van der Waals surface area (Å²) in [4.78, 5) is 9.34. The van der Waals surface area contributed by atoms with Gasteiger partial charge in [-0.05, 0) is 55.8 Å². The fraction of sp³-hybridized carbons (Fsp3) is 0.0968. The Kier molecular flexibility index (Phi) is 6.59. The zero-order valence-electron chi connectivity index (χ0n) is 22.3. The molecule has 0 unspecified atom stereocenters. The first kappa shape index (κ1) is 26.7. The van der Waals surface area contributed by atoms with Crippen molar-refractivity contribution in [3.8, 4) is 0 Å². The fourth-order valence-electron chi connectivity index (χ4n) is 4.87. The number of nitrogens with zero attached hydrogens (tertiary/aromatic N) is 3. The number of aromatic nitrogens is 3. The number of sulfonamides is 1. The minimum atomic E-state index is -4.28. The second-order valence-electron chi connectivity index (χ2n) is 9.75. The molecule has 0 saturated carbocycles. The lowest BCUT2D eigenvalue weighted by Crippen LogP contribution is -2.20. The molecule has 0 amide bonds. The Hall–Kier alpha value is -4.54. The van der Waals surface area contributed by atoms with Crippen molar-refractivity contribution in [2.45, 2.75) is 34.6 Å². The lowest BCUT2D eigenvalue weighted by atomic mass is 10.1. The van der Waals surface area contributed by atoms with Gasteiger partial charge in [-0.25, -0.2) is 26.8 Å². The molecular weight excluding hydrogens is 556 g/mol. The molecule has 0 radical (unpaired) electrons. The van der Waals surface area contributed by atoms with Crippen LogP contribution in [0.15, 0.2) is 124 Å². The van der Waals surface area contributed by atoms with Crippen LogP contribution in [0.3, 0.4) is 0 Å². The smallest absolute Gasteiger partial charge is 0.263 e. The van der Waals surface area contributed by atoms with Crippen LogP contribution in [0.5, 0.6) is 0 Å². The van der Waals surface area contributed by atoms with Crippen LogP contribution in [-0.2, 0) is 19.9 Å². The van der Waals surface area contributed by atoms with Crippen LogP contribution in [-0.4, -0.2) is 31.4 Å². The zero-order valence-corrected chi connectivity index (χ0v) is 23.9. The lowest BCUT2D eigenvalue weighted by molar-refractivity contribution is 0.595. The Morgan fingerprint density at radius 1 is 0.683 bits per heavy atom. The number of fused-ring (bicyclic) bond motifs is 2. The first-order valence-corrected chi connectivity index (χ1v) is 15.9. The highest BCUT2D eigenvalue weighted by Crippen LogP contribution is 2.41. The maximum atomic E-state index is 14.4. The average Bonchev–Trinajstić information content (AvgIpc) is 3.29. The van der Waals surface area contributed by atoms with Crippen molar-refractivity contribution in [2.24, 2.45) is 0 Å². The number of nitrogens with one attached hydrogen (secondary N) is 1. The van der Waals surface area contributed by atoms with E-state index in [1.54, 1.807) is 53.1 Å². The van der Waals surface area contributed by atoms with Crippen LogP contribution in [0.25, 0.3) is 22.2 Å². The third-order valence-electron chi connectivity index (χ3n) is 7.01. The van der Waals surface area contributed by atoms with E-state index in [0.717, 1.165) is 11.1 Å². The molecule has 41 heavy (non-hydrogen) atoms. The van der Waals surface area contributed by atoms with Gasteiger partial charge in [-0.3, -0.25) is 4.72 Å². The quantitative estimate of drug-likeness (QED) is 0.242. The molecule has 0 fully saturated rings. The van der Waals surface area contributed by atoms with Crippen LogP contribution in [0.1, 0.15) is 24.1 Å². The zero-order chi connectivity index (χ0) is 28.8. The molecule has 0 saturated heterocycles. The highest BCUT2D eigenvalue weighted by atomic mass is 32.2. The van der Waals surface area contributed by atoms with Crippen molar-refractivity contribution >= 4 is 47.9 Å². The molecule has 0 spiro atoms. The Bertz CT molecular complexity index is 2110. The van der Waals surface area contributed by atoms with Gasteiger partial charge in [0.25, 0.3) is 10.0 Å². The average molecular weight is 583 g/mol. The Labute approximate surface area is 238 Å². The third kappa shape index (κ3) is 4.75. The standard InChI is InChI=1S/C31H26N4O4S2/c1-21-17-19-24(20-18-21)40(36,37)29-28-30(33-27-16-10-9-15-26(27)32-28)35(22(2)23-11-5-3-6-12-23)31(29)34-41(38,39)25-13-7-4-8-14-25/h3-20,22,34H,1-2H3/t22-/m1/s1. The molecule has 2 aromatic heterocycles. The molecule has 8 nitrogen and oxygen atoms in total. The lowest BCUT2D eigenvalue weighted by Gasteiger charge is -2.20. The van der Waals surface area contributed by atoms with Crippen molar-refractivity contribution in [3.05, 3.63) is 120 Å². The van der Waals surface area contributed by atoms with Crippen molar-refractivity contribution in [2.75, 3.05) is 4.72 Å². The van der Waals surface area contributed by atoms with Gasteiger partial charge in [-0.1, -0.05) is 78.4 Å². The Balaban J connectivity index is 1.74. The topological polar surface area (TPSA) is 111 Å². The number of sulfone groups is 1. The fourth-order valence-corrected chi connectivity index (χ4v) is 7.55. The van der Waals surface area contributed by atoms with Gasteiger partial charge >= 0.3 is 0 Å². The van der Waals surface area contributed by atoms with Crippen molar-refractivity contribution in [1.29, 1.82) is 0 Å². The summed E-state index contributed by atoms with van der Waals surface area (Å²) < 4.78 is 60.5. The molecule has 0 aliphatic heterocycles. The van der Waals surface area contributed by atoms with Crippen LogP contribution in [0.4, 0.5) is 5.82 Å². The van der Waals surface area contributed by atoms with Gasteiger partial charge in [0.15, 0.2) is 5.65 Å². The molecule has 6 aromatic rings. The van der Waals surface area contributed by atoms with E-state index in [1.807, 2.05) is 50.2 Å². The summed E-state index contributed by atoms with van der Waals surface area (Å²) in [7, 11) is -8.49. The molecule has 0 aliphatic carbocycles. The Morgan fingerprint density at radius 3 is 1.88 bits per heavy atom. The van der Waals surface area contributed by atoms with Crippen molar-refractivity contribution in [3.63, 3.8) is 0 Å². The number of hydrogen-bond donors (Lipinski definition) is 1. The Morgan fingerprint density at radius 2 is 1.24 bits per heavy atom. The van der Waals surface area contributed by atoms with E-state index in [4.69, 9.17) is 9.97 Å². The maximum Gasteiger partial charge on any atom is 0.263 e. The van der Waals surface area contributed by atoms with E-state index in [1.165, 1.54) is 24.3 Å². The number of aryl methyl sites for hydroxylation is 1. The van der Waals surface area contributed by atoms with Gasteiger partial charge in [0.1, 0.15) is 16.2 Å². The summed E-state index contributed by atoms with van der Waals surface area (Å²) in [6.45, 7) is 3.73. The van der Waals surface area contributed by atoms with Gasteiger partial charge in [-0.2, -0.15) is 0 Å².